The molecule has 0 saturated carbocycles. The van der Waals surface area contributed by atoms with Crippen molar-refractivity contribution in [3.8, 4) is 5.75 Å². The van der Waals surface area contributed by atoms with Gasteiger partial charge in [0.15, 0.2) is 0 Å². The third kappa shape index (κ3) is 3.82. The largest absolute Gasteiger partial charge is 0.507 e. The van der Waals surface area contributed by atoms with Crippen molar-refractivity contribution in [2.24, 2.45) is 0 Å². The van der Waals surface area contributed by atoms with Crippen molar-refractivity contribution in [2.45, 2.75) is 26.8 Å². The molecule has 0 unspecified atom stereocenters. The number of Topliss-reactive ketones (excluding diaryl/α,β-unsaturated/α-hetero) is 1. The van der Waals surface area contributed by atoms with Crippen LogP contribution in [0.5, 0.6) is 5.75 Å². The fourth-order valence-corrected chi connectivity index (χ4v) is 4.22. The highest BCUT2D eigenvalue weighted by molar-refractivity contribution is 7.15. The maximum atomic E-state index is 13.1. The van der Waals surface area contributed by atoms with Gasteiger partial charge >= 0.3 is 5.91 Å². The van der Waals surface area contributed by atoms with E-state index in [0.29, 0.717) is 33.6 Å². The second kappa shape index (κ2) is 8.31. The van der Waals surface area contributed by atoms with Crippen LogP contribution < -0.4 is 9.64 Å². The van der Waals surface area contributed by atoms with Gasteiger partial charge < -0.3 is 9.84 Å². The molecule has 3 aromatic rings. The number of carbonyl (C=O) groups is 2. The van der Waals surface area contributed by atoms with Gasteiger partial charge in [-0.25, -0.2) is 0 Å². The molecule has 1 aromatic heterocycles. The second-order valence-corrected chi connectivity index (χ2v) is 8.30. The molecule has 1 aliphatic rings. The molecule has 1 aliphatic heterocycles. The minimum Gasteiger partial charge on any atom is -0.507 e. The summed E-state index contributed by atoms with van der Waals surface area (Å²) in [5.74, 6) is -1.09. The number of hydrogen-bond acceptors (Lipinski definition) is 7. The molecule has 4 rings (SSSR count). The minimum absolute atomic E-state index is 0.0193. The number of aliphatic hydroxyl groups excluding tert-OH is 1. The molecule has 0 radical (unpaired) electrons. The lowest BCUT2D eigenvalue weighted by molar-refractivity contribution is -0.132. The van der Waals surface area contributed by atoms with Crippen molar-refractivity contribution in [1.29, 1.82) is 0 Å². The fraction of sp³-hybridized carbons (Fsp3) is 0.217. The van der Waals surface area contributed by atoms with Gasteiger partial charge in [0, 0.05) is 5.56 Å². The molecule has 8 heteroatoms. The Balaban J connectivity index is 1.87. The molecule has 1 fully saturated rings. The number of carbonyl (C=O) groups excluding carboxylic acids is 2. The van der Waals surface area contributed by atoms with Gasteiger partial charge in [0.05, 0.1) is 18.2 Å². The number of rotatable bonds is 5. The predicted octanol–water partition coefficient (Wildman–Crippen LogP) is 4.18. The summed E-state index contributed by atoms with van der Waals surface area (Å²) in [7, 11) is 0. The van der Waals surface area contributed by atoms with E-state index in [-0.39, 0.29) is 11.3 Å². The monoisotopic (exact) mass is 435 g/mol. The minimum atomic E-state index is -0.806. The van der Waals surface area contributed by atoms with Crippen molar-refractivity contribution in [2.75, 3.05) is 11.5 Å². The number of amides is 1. The van der Waals surface area contributed by atoms with E-state index in [4.69, 9.17) is 4.74 Å². The number of aliphatic hydroxyl groups is 1. The van der Waals surface area contributed by atoms with Gasteiger partial charge in [-0.15, -0.1) is 10.2 Å². The van der Waals surface area contributed by atoms with E-state index in [1.165, 1.54) is 16.2 Å². The lowest BCUT2D eigenvalue weighted by Gasteiger charge is -2.22. The maximum Gasteiger partial charge on any atom is 0.301 e. The predicted molar refractivity (Wildman–Crippen MR) is 118 cm³/mol. The first-order chi connectivity index (χ1) is 14.9. The molecule has 0 aliphatic carbocycles. The number of ether oxygens (including phenoxy) is 1. The van der Waals surface area contributed by atoms with Crippen LogP contribution in [0.2, 0.25) is 0 Å². The highest BCUT2D eigenvalue weighted by Gasteiger charge is 2.48. The third-order valence-corrected chi connectivity index (χ3v) is 5.84. The van der Waals surface area contributed by atoms with Gasteiger partial charge in [-0.2, -0.15) is 0 Å². The zero-order valence-electron chi connectivity index (χ0n) is 17.3. The number of anilines is 1. The maximum absolute atomic E-state index is 13.1. The standard InChI is InChI=1S/C23H21N3O4S/c1-4-30-17-11-9-16(10-12-17)20(27)18-19(15-7-5-13(2)6-8-15)26(22(29)21(18)28)23-25-24-14(3)31-23/h5-12,19,27H,4H2,1-3H3/t19-/m0/s1. The molecule has 2 aromatic carbocycles. The van der Waals surface area contributed by atoms with Gasteiger partial charge in [0.2, 0.25) is 5.13 Å². The van der Waals surface area contributed by atoms with Crippen LogP contribution in [0.4, 0.5) is 5.13 Å². The number of nitrogens with zero attached hydrogens (tertiary/aromatic N) is 3. The van der Waals surface area contributed by atoms with E-state index < -0.39 is 17.7 Å². The average molecular weight is 436 g/mol. The molecule has 7 nitrogen and oxygen atoms in total. The average Bonchev–Trinajstić information content (AvgIpc) is 3.30. The van der Waals surface area contributed by atoms with Crippen LogP contribution in [0, 0.1) is 13.8 Å². The summed E-state index contributed by atoms with van der Waals surface area (Å²) in [6.07, 6.45) is 0. The van der Waals surface area contributed by atoms with Gasteiger partial charge in [-0.05, 0) is 50.6 Å². The van der Waals surface area contributed by atoms with E-state index in [1.807, 2.05) is 38.1 Å². The molecule has 1 amide bonds. The van der Waals surface area contributed by atoms with Crippen LogP contribution in [0.15, 0.2) is 54.1 Å². The van der Waals surface area contributed by atoms with Gasteiger partial charge in [-0.3, -0.25) is 14.5 Å². The molecular weight excluding hydrogens is 414 g/mol. The Morgan fingerprint density at radius 1 is 1.06 bits per heavy atom. The molecule has 0 bridgehead atoms. The number of aryl methyl sites for hydroxylation is 2. The topological polar surface area (TPSA) is 92.6 Å². The number of ketones is 1. The number of benzene rings is 2. The Hall–Kier alpha value is -3.52. The molecule has 2 heterocycles. The van der Waals surface area contributed by atoms with E-state index in [2.05, 4.69) is 10.2 Å². The van der Waals surface area contributed by atoms with Crippen LogP contribution in [0.1, 0.15) is 34.7 Å². The smallest absolute Gasteiger partial charge is 0.301 e. The van der Waals surface area contributed by atoms with Crippen molar-refractivity contribution < 1.29 is 19.4 Å². The first kappa shape index (κ1) is 20.7. The second-order valence-electron chi connectivity index (χ2n) is 7.14. The van der Waals surface area contributed by atoms with Gasteiger partial charge in [0.25, 0.3) is 5.78 Å². The molecule has 0 spiro atoms. The summed E-state index contributed by atoms with van der Waals surface area (Å²) in [6, 6.07) is 13.4. The van der Waals surface area contributed by atoms with Crippen molar-refractivity contribution in [1.82, 2.24) is 10.2 Å². The first-order valence-corrected chi connectivity index (χ1v) is 10.6. The number of aromatic nitrogens is 2. The lowest BCUT2D eigenvalue weighted by Crippen LogP contribution is -2.29. The van der Waals surface area contributed by atoms with E-state index in [9.17, 15) is 14.7 Å². The van der Waals surface area contributed by atoms with Crippen LogP contribution in [-0.2, 0) is 9.59 Å². The zero-order valence-corrected chi connectivity index (χ0v) is 18.1. The summed E-state index contributed by atoms with van der Waals surface area (Å²) in [5, 5.41) is 20.1. The van der Waals surface area contributed by atoms with Crippen molar-refractivity contribution >= 4 is 33.9 Å². The summed E-state index contributed by atoms with van der Waals surface area (Å²) in [4.78, 5) is 27.4. The van der Waals surface area contributed by atoms with Gasteiger partial charge in [-0.1, -0.05) is 41.2 Å². The first-order valence-electron chi connectivity index (χ1n) is 9.81. The summed E-state index contributed by atoms with van der Waals surface area (Å²) >= 11 is 1.22. The Bertz CT molecular complexity index is 1170. The highest BCUT2D eigenvalue weighted by Crippen LogP contribution is 2.43. The summed E-state index contributed by atoms with van der Waals surface area (Å²) in [6.45, 7) is 6.13. The fourth-order valence-electron chi connectivity index (χ4n) is 3.51. The quantitative estimate of drug-likeness (QED) is 0.367. The van der Waals surface area contributed by atoms with Crippen LogP contribution >= 0.6 is 11.3 Å². The van der Waals surface area contributed by atoms with Crippen LogP contribution in [0.3, 0.4) is 0 Å². The lowest BCUT2D eigenvalue weighted by atomic mass is 9.95. The Labute approximate surface area is 183 Å². The highest BCUT2D eigenvalue weighted by atomic mass is 32.1. The third-order valence-electron chi connectivity index (χ3n) is 5.00. The van der Waals surface area contributed by atoms with E-state index in [0.717, 1.165) is 5.56 Å². The van der Waals surface area contributed by atoms with E-state index >= 15 is 0 Å². The van der Waals surface area contributed by atoms with E-state index in [1.54, 1.807) is 31.2 Å². The molecule has 31 heavy (non-hydrogen) atoms. The summed E-state index contributed by atoms with van der Waals surface area (Å²) < 4.78 is 5.44. The van der Waals surface area contributed by atoms with Crippen LogP contribution in [-0.4, -0.2) is 33.6 Å². The Kier molecular flexibility index (Phi) is 5.56. The van der Waals surface area contributed by atoms with Crippen LogP contribution in [0.25, 0.3) is 5.76 Å². The molecule has 1 atom stereocenters. The van der Waals surface area contributed by atoms with Crippen molar-refractivity contribution in [3.63, 3.8) is 0 Å². The molecular formula is C23H21N3O4S. The SMILES string of the molecule is CCOc1ccc(C(O)=C2C(=O)C(=O)N(c3nnc(C)s3)[C@H]2c2ccc(C)cc2)cc1. The zero-order chi connectivity index (χ0) is 22.1. The molecule has 158 valence electrons. The van der Waals surface area contributed by atoms with Gasteiger partial charge in [0.1, 0.15) is 16.5 Å². The molecule has 1 saturated heterocycles. The Morgan fingerprint density at radius 3 is 2.32 bits per heavy atom. The normalized spacial score (nSPS) is 17.9. The summed E-state index contributed by atoms with van der Waals surface area (Å²) in [5.41, 5.74) is 2.18. The van der Waals surface area contributed by atoms with Crippen molar-refractivity contribution in [3.05, 3.63) is 75.8 Å². The molecule has 1 N–H and O–H groups in total. The Morgan fingerprint density at radius 2 is 1.74 bits per heavy atom. The number of hydrogen-bond donors (Lipinski definition) is 1.